The summed E-state index contributed by atoms with van der Waals surface area (Å²) in [4.78, 5) is 23.9. The molecule has 0 fully saturated rings. The lowest BCUT2D eigenvalue weighted by Crippen LogP contribution is -2.25. The first-order valence-corrected chi connectivity index (χ1v) is 8.69. The number of nitrogens with zero attached hydrogens (tertiary/aromatic N) is 1. The first-order chi connectivity index (χ1) is 10.9. The highest BCUT2D eigenvalue weighted by Gasteiger charge is 2.16. The van der Waals surface area contributed by atoms with Crippen LogP contribution in [0.4, 0.5) is 11.5 Å². The second-order valence-electron chi connectivity index (χ2n) is 4.82. The zero-order valence-corrected chi connectivity index (χ0v) is 15.0. The smallest absolute Gasteiger partial charge is 0.238 e. The van der Waals surface area contributed by atoms with Gasteiger partial charge in [0.1, 0.15) is 5.76 Å². The molecule has 0 radical (unpaired) electrons. The van der Waals surface area contributed by atoms with Gasteiger partial charge in [0.15, 0.2) is 5.82 Å². The largest absolute Gasteiger partial charge is 0.360 e. The van der Waals surface area contributed by atoms with Crippen LogP contribution in [0, 0.1) is 6.92 Å². The Hall–Kier alpha value is -1.80. The lowest BCUT2D eigenvalue weighted by atomic mass is 10.3. The number of nitrogens with one attached hydrogen (secondary N) is 2. The molecule has 0 aliphatic rings. The van der Waals surface area contributed by atoms with Crippen molar-refractivity contribution in [3.05, 3.63) is 40.6 Å². The van der Waals surface area contributed by atoms with E-state index in [0.29, 0.717) is 17.3 Å². The summed E-state index contributed by atoms with van der Waals surface area (Å²) in [6.45, 7) is 3.48. The third kappa shape index (κ3) is 5.72. The number of rotatable bonds is 6. The molecule has 0 aliphatic heterocycles. The predicted molar refractivity (Wildman–Crippen MR) is 94.6 cm³/mol. The van der Waals surface area contributed by atoms with Gasteiger partial charge in [-0.25, -0.2) is 0 Å². The number of aryl methyl sites for hydroxylation is 1. The monoisotopic (exact) mass is 397 g/mol. The Bertz CT molecular complexity index is 688. The Labute approximate surface area is 146 Å². The molecule has 1 aromatic heterocycles. The Balaban J connectivity index is 1.76. The lowest BCUT2D eigenvalue weighted by molar-refractivity contribution is -0.115. The quantitative estimate of drug-likeness (QED) is 0.779. The Kier molecular flexibility index (Phi) is 6.23. The maximum absolute atomic E-state index is 12.0. The highest BCUT2D eigenvalue weighted by molar-refractivity contribution is 9.10. The molecule has 0 unspecified atom stereocenters. The van der Waals surface area contributed by atoms with Crippen LogP contribution in [0.25, 0.3) is 0 Å². The molecule has 23 heavy (non-hydrogen) atoms. The number of hydrogen-bond acceptors (Lipinski definition) is 5. The van der Waals surface area contributed by atoms with Crippen molar-refractivity contribution in [2.45, 2.75) is 19.1 Å². The van der Waals surface area contributed by atoms with E-state index in [2.05, 4.69) is 31.7 Å². The van der Waals surface area contributed by atoms with Crippen molar-refractivity contribution in [2.75, 3.05) is 16.4 Å². The molecule has 122 valence electrons. The van der Waals surface area contributed by atoms with Crippen molar-refractivity contribution in [1.82, 2.24) is 5.16 Å². The second-order valence-corrected chi connectivity index (χ2v) is 7.07. The zero-order valence-electron chi connectivity index (χ0n) is 12.6. The fourth-order valence-corrected chi connectivity index (χ4v) is 2.61. The molecule has 0 saturated heterocycles. The Morgan fingerprint density at radius 1 is 1.30 bits per heavy atom. The number of benzene rings is 1. The van der Waals surface area contributed by atoms with E-state index in [1.54, 1.807) is 32.0 Å². The second kappa shape index (κ2) is 8.16. The van der Waals surface area contributed by atoms with Crippen molar-refractivity contribution >= 4 is 51.0 Å². The molecule has 0 bridgehead atoms. The molecule has 8 heteroatoms. The molecule has 1 heterocycles. The van der Waals surface area contributed by atoms with Gasteiger partial charge in [-0.3, -0.25) is 9.59 Å². The normalized spacial score (nSPS) is 11.8. The minimum atomic E-state index is -0.386. The molecule has 2 amide bonds. The molecule has 1 aromatic carbocycles. The number of thioether (sulfide) groups is 1. The molecular weight excluding hydrogens is 382 g/mol. The van der Waals surface area contributed by atoms with E-state index in [1.807, 2.05) is 12.1 Å². The van der Waals surface area contributed by atoms with E-state index in [-0.39, 0.29) is 22.8 Å². The molecular formula is C15H16BrN3O3S. The topological polar surface area (TPSA) is 84.2 Å². The van der Waals surface area contributed by atoms with Gasteiger partial charge < -0.3 is 15.2 Å². The molecule has 0 aliphatic carbocycles. The van der Waals surface area contributed by atoms with Gasteiger partial charge in [0.05, 0.1) is 11.0 Å². The van der Waals surface area contributed by atoms with Crippen LogP contribution in [0.5, 0.6) is 0 Å². The summed E-state index contributed by atoms with van der Waals surface area (Å²) in [7, 11) is 0. The van der Waals surface area contributed by atoms with E-state index in [1.165, 1.54) is 11.8 Å². The number of amides is 2. The summed E-state index contributed by atoms with van der Waals surface area (Å²) < 4.78 is 5.82. The molecule has 2 rings (SSSR count). The van der Waals surface area contributed by atoms with Crippen LogP contribution in [-0.2, 0) is 9.59 Å². The van der Waals surface area contributed by atoms with Crippen molar-refractivity contribution in [3.8, 4) is 0 Å². The van der Waals surface area contributed by atoms with E-state index in [4.69, 9.17) is 4.52 Å². The molecule has 2 aromatic rings. The first-order valence-electron chi connectivity index (χ1n) is 6.85. The minimum absolute atomic E-state index is 0.158. The third-order valence-electron chi connectivity index (χ3n) is 2.84. The fourth-order valence-electron chi connectivity index (χ4n) is 1.66. The lowest BCUT2D eigenvalue weighted by Gasteiger charge is -2.10. The van der Waals surface area contributed by atoms with Gasteiger partial charge in [-0.2, -0.15) is 0 Å². The number of halogens is 1. The fraction of sp³-hybridized carbons (Fsp3) is 0.267. The van der Waals surface area contributed by atoms with E-state index in [0.717, 1.165) is 4.47 Å². The molecule has 0 saturated carbocycles. The number of aromatic nitrogens is 1. The van der Waals surface area contributed by atoms with Crippen molar-refractivity contribution in [3.63, 3.8) is 0 Å². The number of carbonyl (C=O) groups is 2. The van der Waals surface area contributed by atoms with Gasteiger partial charge in [-0.15, -0.1) is 11.8 Å². The van der Waals surface area contributed by atoms with Crippen LogP contribution in [0.2, 0.25) is 0 Å². The van der Waals surface area contributed by atoms with Gasteiger partial charge >= 0.3 is 0 Å². The van der Waals surface area contributed by atoms with E-state index < -0.39 is 0 Å². The molecule has 2 N–H and O–H groups in total. The molecule has 6 nitrogen and oxygen atoms in total. The van der Waals surface area contributed by atoms with Crippen molar-refractivity contribution in [1.29, 1.82) is 0 Å². The summed E-state index contributed by atoms with van der Waals surface area (Å²) in [5.74, 6) is 0.797. The summed E-state index contributed by atoms with van der Waals surface area (Å²) in [6.07, 6.45) is 0. The average molecular weight is 398 g/mol. The van der Waals surface area contributed by atoms with Gasteiger partial charge in [0, 0.05) is 16.2 Å². The Morgan fingerprint density at radius 2 is 2.00 bits per heavy atom. The summed E-state index contributed by atoms with van der Waals surface area (Å²) in [6, 6.07) is 8.93. The summed E-state index contributed by atoms with van der Waals surface area (Å²) >= 11 is 4.58. The Morgan fingerprint density at radius 3 is 2.61 bits per heavy atom. The number of anilines is 2. The summed E-state index contributed by atoms with van der Waals surface area (Å²) in [5, 5.41) is 8.73. The van der Waals surface area contributed by atoms with E-state index >= 15 is 0 Å². The highest BCUT2D eigenvalue weighted by Crippen LogP contribution is 2.17. The van der Waals surface area contributed by atoms with Crippen LogP contribution in [0.3, 0.4) is 0 Å². The van der Waals surface area contributed by atoms with Crippen LogP contribution < -0.4 is 10.6 Å². The van der Waals surface area contributed by atoms with Crippen molar-refractivity contribution in [2.24, 2.45) is 0 Å². The maximum Gasteiger partial charge on any atom is 0.238 e. The van der Waals surface area contributed by atoms with Crippen LogP contribution in [0.1, 0.15) is 12.7 Å². The standard InChI is InChI=1S/C15H16BrN3O3S/c1-9-7-13(19-22-9)18-15(21)10(2)23-8-14(20)17-12-5-3-11(16)4-6-12/h3-7,10H,8H2,1-2H3,(H,17,20)(H,18,19,21)/t10-/m1/s1. The van der Waals surface area contributed by atoms with Gasteiger partial charge in [0.25, 0.3) is 0 Å². The van der Waals surface area contributed by atoms with Gasteiger partial charge in [-0.1, -0.05) is 21.1 Å². The van der Waals surface area contributed by atoms with E-state index in [9.17, 15) is 9.59 Å². The average Bonchev–Trinajstić information content (AvgIpc) is 2.92. The van der Waals surface area contributed by atoms with Gasteiger partial charge in [0.2, 0.25) is 11.8 Å². The number of carbonyl (C=O) groups excluding carboxylic acids is 2. The van der Waals surface area contributed by atoms with Crippen LogP contribution in [0.15, 0.2) is 39.3 Å². The zero-order chi connectivity index (χ0) is 16.8. The predicted octanol–water partition coefficient (Wildman–Crippen LogP) is 3.44. The van der Waals surface area contributed by atoms with Crippen LogP contribution in [-0.4, -0.2) is 28.0 Å². The van der Waals surface area contributed by atoms with Crippen molar-refractivity contribution < 1.29 is 14.1 Å². The minimum Gasteiger partial charge on any atom is -0.360 e. The SMILES string of the molecule is Cc1cc(NC(=O)[C@@H](C)SCC(=O)Nc2ccc(Br)cc2)no1. The maximum atomic E-state index is 12.0. The third-order valence-corrected chi connectivity index (χ3v) is 4.51. The molecule has 1 atom stereocenters. The first kappa shape index (κ1) is 17.6. The molecule has 0 spiro atoms. The summed E-state index contributed by atoms with van der Waals surface area (Å²) in [5.41, 5.74) is 0.717. The van der Waals surface area contributed by atoms with Crippen LogP contribution >= 0.6 is 27.7 Å². The highest BCUT2D eigenvalue weighted by atomic mass is 79.9. The number of hydrogen-bond donors (Lipinski definition) is 2. The van der Waals surface area contributed by atoms with Gasteiger partial charge in [-0.05, 0) is 38.1 Å².